The summed E-state index contributed by atoms with van der Waals surface area (Å²) in [5, 5.41) is 3.40. The van der Waals surface area contributed by atoms with Gasteiger partial charge in [0.2, 0.25) is 0 Å². The molecule has 1 aromatic heterocycles. The van der Waals surface area contributed by atoms with Crippen LogP contribution in [0, 0.1) is 0 Å². The number of piperidine rings is 1. The summed E-state index contributed by atoms with van der Waals surface area (Å²) in [6, 6.07) is 2.15. The van der Waals surface area contributed by atoms with Gasteiger partial charge in [-0.25, -0.2) is 9.97 Å². The third kappa shape index (κ3) is 2.62. The summed E-state index contributed by atoms with van der Waals surface area (Å²) in [6.45, 7) is 4.56. The van der Waals surface area contributed by atoms with Crippen LogP contribution in [-0.2, 0) is 4.74 Å². The zero-order valence-electron chi connectivity index (χ0n) is 10.6. The number of ether oxygens (including phenoxy) is 1. The molecule has 5 heteroatoms. The molecule has 0 spiro atoms. The average Bonchev–Trinajstić information content (AvgIpc) is 2.49. The van der Waals surface area contributed by atoms with E-state index in [-0.39, 0.29) is 6.04 Å². The van der Waals surface area contributed by atoms with Gasteiger partial charge in [-0.2, -0.15) is 0 Å². The number of hydrogen-bond donors (Lipinski definition) is 1. The third-order valence-electron chi connectivity index (χ3n) is 3.57. The van der Waals surface area contributed by atoms with Crippen LogP contribution in [0.4, 0.5) is 5.82 Å². The van der Waals surface area contributed by atoms with Crippen molar-refractivity contribution >= 4 is 5.82 Å². The lowest BCUT2D eigenvalue weighted by Crippen LogP contribution is -2.36. The Labute approximate surface area is 108 Å². The van der Waals surface area contributed by atoms with Crippen LogP contribution in [0.1, 0.15) is 31.1 Å². The minimum Gasteiger partial charge on any atom is -0.378 e. The summed E-state index contributed by atoms with van der Waals surface area (Å²) in [4.78, 5) is 11.4. The Morgan fingerprint density at radius 3 is 2.94 bits per heavy atom. The third-order valence-corrected chi connectivity index (χ3v) is 3.57. The normalized spacial score (nSPS) is 25.1. The summed E-state index contributed by atoms with van der Waals surface area (Å²) in [5.41, 5.74) is 0. The Balaban J connectivity index is 1.75. The van der Waals surface area contributed by atoms with Gasteiger partial charge in [-0.05, 0) is 25.3 Å². The van der Waals surface area contributed by atoms with E-state index < -0.39 is 0 Å². The SMILES string of the molecule is c1cc(N2CCCCC2)nc([C@@H]2COCCN2)n1. The highest BCUT2D eigenvalue weighted by Crippen LogP contribution is 2.19. The van der Waals surface area contributed by atoms with E-state index in [9.17, 15) is 0 Å². The first-order chi connectivity index (χ1) is 8.93. The summed E-state index contributed by atoms with van der Waals surface area (Å²) in [6.07, 6.45) is 5.74. The van der Waals surface area contributed by atoms with Crippen molar-refractivity contribution in [3.8, 4) is 0 Å². The highest BCUT2D eigenvalue weighted by molar-refractivity contribution is 5.38. The topological polar surface area (TPSA) is 50.3 Å². The smallest absolute Gasteiger partial charge is 0.149 e. The zero-order valence-corrected chi connectivity index (χ0v) is 10.6. The van der Waals surface area contributed by atoms with Gasteiger partial charge in [-0.15, -0.1) is 0 Å². The van der Waals surface area contributed by atoms with Gasteiger partial charge in [0.15, 0.2) is 0 Å². The minimum absolute atomic E-state index is 0.142. The van der Waals surface area contributed by atoms with Crippen LogP contribution in [-0.4, -0.2) is 42.8 Å². The van der Waals surface area contributed by atoms with E-state index in [4.69, 9.17) is 9.72 Å². The predicted octanol–water partition coefficient (Wildman–Crippen LogP) is 1.13. The van der Waals surface area contributed by atoms with Gasteiger partial charge in [0, 0.05) is 25.8 Å². The molecule has 0 aliphatic carbocycles. The van der Waals surface area contributed by atoms with E-state index in [1.54, 1.807) is 0 Å². The van der Waals surface area contributed by atoms with Crippen LogP contribution in [0.2, 0.25) is 0 Å². The highest BCUT2D eigenvalue weighted by atomic mass is 16.5. The molecule has 5 nitrogen and oxygen atoms in total. The lowest BCUT2D eigenvalue weighted by Gasteiger charge is -2.29. The van der Waals surface area contributed by atoms with Crippen LogP contribution < -0.4 is 10.2 Å². The first-order valence-corrected chi connectivity index (χ1v) is 6.82. The highest BCUT2D eigenvalue weighted by Gasteiger charge is 2.19. The number of anilines is 1. The van der Waals surface area contributed by atoms with Crippen molar-refractivity contribution < 1.29 is 4.74 Å². The monoisotopic (exact) mass is 248 g/mol. The summed E-state index contributed by atoms with van der Waals surface area (Å²) in [7, 11) is 0. The molecule has 1 aromatic rings. The van der Waals surface area contributed by atoms with Crippen molar-refractivity contribution in [1.29, 1.82) is 0 Å². The van der Waals surface area contributed by atoms with Crippen LogP contribution in [0.3, 0.4) is 0 Å². The fraction of sp³-hybridized carbons (Fsp3) is 0.692. The quantitative estimate of drug-likeness (QED) is 0.850. The van der Waals surface area contributed by atoms with Crippen molar-refractivity contribution in [2.45, 2.75) is 25.3 Å². The van der Waals surface area contributed by atoms with Crippen molar-refractivity contribution in [2.75, 3.05) is 37.7 Å². The van der Waals surface area contributed by atoms with Crippen LogP contribution in [0.25, 0.3) is 0 Å². The van der Waals surface area contributed by atoms with Crippen LogP contribution in [0.15, 0.2) is 12.3 Å². The fourth-order valence-corrected chi connectivity index (χ4v) is 2.56. The molecule has 2 saturated heterocycles. The van der Waals surface area contributed by atoms with E-state index in [0.717, 1.165) is 37.9 Å². The van der Waals surface area contributed by atoms with E-state index in [0.29, 0.717) is 6.61 Å². The second-order valence-corrected chi connectivity index (χ2v) is 4.90. The molecule has 2 fully saturated rings. The van der Waals surface area contributed by atoms with Gasteiger partial charge in [-0.1, -0.05) is 0 Å². The van der Waals surface area contributed by atoms with Gasteiger partial charge in [0.05, 0.1) is 19.3 Å². The fourth-order valence-electron chi connectivity index (χ4n) is 2.56. The minimum atomic E-state index is 0.142. The summed E-state index contributed by atoms with van der Waals surface area (Å²) < 4.78 is 5.47. The van der Waals surface area contributed by atoms with E-state index in [1.807, 2.05) is 12.3 Å². The molecule has 0 bridgehead atoms. The number of nitrogens with one attached hydrogen (secondary N) is 1. The van der Waals surface area contributed by atoms with Gasteiger partial charge < -0.3 is 15.0 Å². The second kappa shape index (κ2) is 5.63. The molecule has 0 unspecified atom stereocenters. The van der Waals surface area contributed by atoms with E-state index in [2.05, 4.69) is 15.2 Å². The van der Waals surface area contributed by atoms with Gasteiger partial charge in [0.25, 0.3) is 0 Å². The largest absolute Gasteiger partial charge is 0.378 e. The summed E-state index contributed by atoms with van der Waals surface area (Å²) in [5.74, 6) is 1.92. The molecule has 0 aromatic carbocycles. The molecular formula is C13H20N4O. The number of nitrogens with zero attached hydrogens (tertiary/aromatic N) is 3. The first kappa shape index (κ1) is 11.9. The maximum absolute atomic E-state index is 5.47. The number of morpholine rings is 1. The van der Waals surface area contributed by atoms with Gasteiger partial charge in [0.1, 0.15) is 11.6 Å². The second-order valence-electron chi connectivity index (χ2n) is 4.90. The Morgan fingerprint density at radius 2 is 2.17 bits per heavy atom. The number of rotatable bonds is 2. The van der Waals surface area contributed by atoms with E-state index in [1.165, 1.54) is 19.3 Å². The molecule has 2 aliphatic heterocycles. The maximum Gasteiger partial charge on any atom is 0.149 e. The molecule has 98 valence electrons. The van der Waals surface area contributed by atoms with Crippen molar-refractivity contribution in [1.82, 2.24) is 15.3 Å². The Hall–Kier alpha value is -1.20. The van der Waals surface area contributed by atoms with Crippen molar-refractivity contribution in [3.63, 3.8) is 0 Å². The molecule has 3 heterocycles. The predicted molar refractivity (Wildman–Crippen MR) is 69.7 cm³/mol. The molecule has 18 heavy (non-hydrogen) atoms. The Kier molecular flexibility index (Phi) is 3.71. The Morgan fingerprint density at radius 1 is 1.28 bits per heavy atom. The molecular weight excluding hydrogens is 228 g/mol. The van der Waals surface area contributed by atoms with Crippen LogP contribution in [0.5, 0.6) is 0 Å². The molecule has 2 aliphatic rings. The van der Waals surface area contributed by atoms with Crippen LogP contribution >= 0.6 is 0 Å². The molecule has 3 rings (SSSR count). The first-order valence-electron chi connectivity index (χ1n) is 6.82. The molecule has 0 amide bonds. The number of hydrogen-bond acceptors (Lipinski definition) is 5. The number of aromatic nitrogens is 2. The Bertz CT molecular complexity index is 353. The lowest BCUT2D eigenvalue weighted by atomic mass is 10.1. The molecule has 1 N–H and O–H groups in total. The van der Waals surface area contributed by atoms with Crippen molar-refractivity contribution in [3.05, 3.63) is 18.1 Å². The molecule has 0 radical (unpaired) electrons. The zero-order chi connectivity index (χ0) is 12.2. The molecule has 1 atom stereocenters. The van der Waals surface area contributed by atoms with Gasteiger partial charge >= 0.3 is 0 Å². The van der Waals surface area contributed by atoms with Crippen molar-refractivity contribution in [2.24, 2.45) is 0 Å². The standard InChI is InChI=1S/C13H20N4O/c1-2-7-17(8-3-1)12-4-5-15-13(16-12)11-10-18-9-6-14-11/h4-5,11,14H,1-3,6-10H2/t11-/m0/s1. The average molecular weight is 248 g/mol. The lowest BCUT2D eigenvalue weighted by molar-refractivity contribution is 0.0742. The maximum atomic E-state index is 5.47. The van der Waals surface area contributed by atoms with Gasteiger partial charge in [-0.3, -0.25) is 0 Å². The molecule has 0 saturated carbocycles. The van der Waals surface area contributed by atoms with E-state index >= 15 is 0 Å². The summed E-state index contributed by atoms with van der Waals surface area (Å²) >= 11 is 0.